The monoisotopic (exact) mass is 296 g/mol. The first kappa shape index (κ1) is 17.2. The number of hydrogen-bond donors (Lipinski definition) is 2. The van der Waals surface area contributed by atoms with Gasteiger partial charge in [0, 0.05) is 30.0 Å². The topological polar surface area (TPSA) is 47.3 Å². The molecule has 0 spiro atoms. The predicted molar refractivity (Wildman–Crippen MR) is 89.4 cm³/mol. The Morgan fingerprint density at radius 1 is 1.14 bits per heavy atom. The molecule has 3 atom stereocenters. The van der Waals surface area contributed by atoms with E-state index in [4.69, 9.17) is 10.5 Å². The van der Waals surface area contributed by atoms with Gasteiger partial charge in [0.2, 0.25) is 0 Å². The summed E-state index contributed by atoms with van der Waals surface area (Å²) in [6.45, 7) is 9.81. The zero-order valence-electron chi connectivity index (χ0n) is 14.4. The summed E-state index contributed by atoms with van der Waals surface area (Å²) in [5.74, 6) is 0.554. The fraction of sp³-hybridized carbons (Fsp3) is 1.00. The maximum Gasteiger partial charge on any atom is 0.0690 e. The molecule has 3 N–H and O–H groups in total. The standard InChI is InChI=1S/C18H36N2O/c1-4-5-6-7-8-9-12-20-14-18(19)15-11-10-13-21-16(15)17(18,2)3/h15-16,20H,4-14,19H2,1-3H3. The highest BCUT2D eigenvalue weighted by Crippen LogP contribution is 2.56. The molecule has 3 nitrogen and oxygen atoms in total. The smallest absolute Gasteiger partial charge is 0.0690 e. The highest BCUT2D eigenvalue weighted by atomic mass is 16.5. The molecule has 3 unspecified atom stereocenters. The van der Waals surface area contributed by atoms with E-state index in [0.717, 1.165) is 19.7 Å². The van der Waals surface area contributed by atoms with Gasteiger partial charge in [-0.2, -0.15) is 0 Å². The molecule has 0 aromatic carbocycles. The zero-order chi connectivity index (χ0) is 15.3. The number of nitrogens with two attached hydrogens (primary N) is 1. The number of rotatable bonds is 9. The van der Waals surface area contributed by atoms with Gasteiger partial charge in [-0.25, -0.2) is 0 Å². The lowest BCUT2D eigenvalue weighted by atomic mass is 9.46. The van der Waals surface area contributed by atoms with E-state index in [1.54, 1.807) is 0 Å². The fourth-order valence-corrected chi connectivity index (χ4v) is 4.35. The minimum atomic E-state index is -0.0830. The van der Waals surface area contributed by atoms with Gasteiger partial charge >= 0.3 is 0 Å². The Morgan fingerprint density at radius 3 is 2.62 bits per heavy atom. The summed E-state index contributed by atoms with van der Waals surface area (Å²) in [4.78, 5) is 0. The highest BCUT2D eigenvalue weighted by molar-refractivity contribution is 5.20. The molecular formula is C18H36N2O. The van der Waals surface area contributed by atoms with E-state index in [9.17, 15) is 0 Å². The van der Waals surface area contributed by atoms with E-state index < -0.39 is 0 Å². The Kier molecular flexibility index (Phi) is 6.10. The van der Waals surface area contributed by atoms with Gasteiger partial charge in [-0.1, -0.05) is 52.9 Å². The third-order valence-corrected chi connectivity index (χ3v) is 6.02. The van der Waals surface area contributed by atoms with Crippen LogP contribution in [0.1, 0.15) is 72.1 Å². The van der Waals surface area contributed by atoms with Crippen molar-refractivity contribution in [1.29, 1.82) is 0 Å². The van der Waals surface area contributed by atoms with Crippen molar-refractivity contribution in [1.82, 2.24) is 5.32 Å². The van der Waals surface area contributed by atoms with Crippen molar-refractivity contribution in [2.75, 3.05) is 19.7 Å². The molecule has 0 radical (unpaired) electrons. The van der Waals surface area contributed by atoms with Gasteiger partial charge in [0.15, 0.2) is 0 Å². The van der Waals surface area contributed by atoms with Crippen LogP contribution in [0.2, 0.25) is 0 Å². The zero-order valence-corrected chi connectivity index (χ0v) is 14.4. The number of hydrogen-bond acceptors (Lipinski definition) is 3. The first-order valence-corrected chi connectivity index (χ1v) is 9.15. The summed E-state index contributed by atoms with van der Waals surface area (Å²) in [7, 11) is 0. The van der Waals surface area contributed by atoms with Crippen LogP contribution in [0.25, 0.3) is 0 Å². The molecule has 1 aliphatic carbocycles. The average molecular weight is 296 g/mol. The number of ether oxygens (including phenoxy) is 1. The highest BCUT2D eigenvalue weighted by Gasteiger charge is 2.65. The first-order chi connectivity index (χ1) is 10.0. The Hall–Kier alpha value is -0.120. The van der Waals surface area contributed by atoms with E-state index in [2.05, 4.69) is 26.1 Å². The molecule has 2 aliphatic rings. The van der Waals surface area contributed by atoms with Gasteiger partial charge in [-0.05, 0) is 25.8 Å². The van der Waals surface area contributed by atoms with Gasteiger partial charge in [0.1, 0.15) is 0 Å². The third-order valence-electron chi connectivity index (χ3n) is 6.02. The lowest BCUT2D eigenvalue weighted by Gasteiger charge is -2.66. The summed E-state index contributed by atoms with van der Waals surface area (Å²) in [6, 6.07) is 0. The van der Waals surface area contributed by atoms with Crippen molar-refractivity contribution < 1.29 is 4.74 Å². The molecule has 2 rings (SSSR count). The van der Waals surface area contributed by atoms with Gasteiger partial charge in [-0.3, -0.25) is 0 Å². The van der Waals surface area contributed by atoms with Crippen molar-refractivity contribution in [2.24, 2.45) is 17.1 Å². The Bertz CT molecular complexity index is 318. The fourth-order valence-electron chi connectivity index (χ4n) is 4.35. The molecule has 21 heavy (non-hydrogen) atoms. The molecule has 3 heteroatoms. The maximum atomic E-state index is 6.77. The Morgan fingerprint density at radius 2 is 1.86 bits per heavy atom. The van der Waals surface area contributed by atoms with E-state index in [1.165, 1.54) is 51.4 Å². The summed E-state index contributed by atoms with van der Waals surface area (Å²) in [5.41, 5.74) is 6.79. The van der Waals surface area contributed by atoms with Crippen LogP contribution in [0, 0.1) is 11.3 Å². The van der Waals surface area contributed by atoms with Crippen LogP contribution in [0.15, 0.2) is 0 Å². The van der Waals surface area contributed by atoms with Crippen LogP contribution in [-0.4, -0.2) is 31.3 Å². The average Bonchev–Trinajstić information content (AvgIpc) is 2.49. The van der Waals surface area contributed by atoms with Gasteiger partial charge in [-0.15, -0.1) is 0 Å². The summed E-state index contributed by atoms with van der Waals surface area (Å²) < 4.78 is 5.96. The largest absolute Gasteiger partial charge is 0.377 e. The molecule has 1 saturated carbocycles. The van der Waals surface area contributed by atoms with Crippen LogP contribution in [-0.2, 0) is 4.74 Å². The number of unbranched alkanes of at least 4 members (excludes halogenated alkanes) is 5. The second kappa shape index (κ2) is 7.43. The molecule has 2 fully saturated rings. The minimum absolute atomic E-state index is 0.0830. The quantitative estimate of drug-likeness (QED) is 0.641. The van der Waals surface area contributed by atoms with Crippen molar-refractivity contribution in [3.63, 3.8) is 0 Å². The van der Waals surface area contributed by atoms with E-state index in [1.807, 2.05) is 0 Å². The molecule has 1 heterocycles. The van der Waals surface area contributed by atoms with Crippen LogP contribution in [0.3, 0.4) is 0 Å². The molecule has 0 aromatic rings. The van der Waals surface area contributed by atoms with Gasteiger partial charge in [0.25, 0.3) is 0 Å². The van der Waals surface area contributed by atoms with Crippen molar-refractivity contribution in [2.45, 2.75) is 83.8 Å². The number of nitrogens with one attached hydrogen (secondary N) is 1. The summed E-state index contributed by atoms with van der Waals surface area (Å²) in [5, 5.41) is 3.63. The van der Waals surface area contributed by atoms with Crippen LogP contribution >= 0.6 is 0 Å². The molecule has 0 aromatic heterocycles. The first-order valence-electron chi connectivity index (χ1n) is 9.15. The van der Waals surface area contributed by atoms with E-state index in [0.29, 0.717) is 12.0 Å². The predicted octanol–water partition coefficient (Wildman–Crippen LogP) is 3.47. The van der Waals surface area contributed by atoms with Crippen LogP contribution < -0.4 is 11.1 Å². The third kappa shape index (κ3) is 3.46. The molecule has 1 saturated heterocycles. The molecule has 124 valence electrons. The van der Waals surface area contributed by atoms with E-state index >= 15 is 0 Å². The lowest BCUT2D eigenvalue weighted by Crippen LogP contribution is -2.80. The molecule has 1 aliphatic heterocycles. The molecule has 0 amide bonds. The van der Waals surface area contributed by atoms with Gasteiger partial charge < -0.3 is 15.8 Å². The molecule has 0 bridgehead atoms. The SMILES string of the molecule is CCCCCCCCNCC1(N)C2CCCOC2C1(C)C. The second-order valence-electron chi connectivity index (χ2n) is 7.75. The second-order valence-corrected chi connectivity index (χ2v) is 7.75. The van der Waals surface area contributed by atoms with E-state index in [-0.39, 0.29) is 11.0 Å². The van der Waals surface area contributed by atoms with Crippen molar-refractivity contribution >= 4 is 0 Å². The Balaban J connectivity index is 1.65. The Labute approximate surface area is 131 Å². The van der Waals surface area contributed by atoms with Crippen LogP contribution in [0.4, 0.5) is 0 Å². The number of fused-ring (bicyclic) bond motifs is 1. The van der Waals surface area contributed by atoms with Crippen molar-refractivity contribution in [3.8, 4) is 0 Å². The molecular weight excluding hydrogens is 260 g/mol. The summed E-state index contributed by atoms with van der Waals surface area (Å²) >= 11 is 0. The normalized spacial score (nSPS) is 34.3. The van der Waals surface area contributed by atoms with Crippen molar-refractivity contribution in [3.05, 3.63) is 0 Å². The summed E-state index contributed by atoms with van der Waals surface area (Å²) in [6.07, 6.45) is 10.9. The van der Waals surface area contributed by atoms with Crippen LogP contribution in [0.5, 0.6) is 0 Å². The minimum Gasteiger partial charge on any atom is -0.377 e. The lowest BCUT2D eigenvalue weighted by molar-refractivity contribution is -0.225. The maximum absolute atomic E-state index is 6.77. The van der Waals surface area contributed by atoms with Gasteiger partial charge in [0.05, 0.1) is 6.10 Å².